The van der Waals surface area contributed by atoms with E-state index >= 15 is 0 Å². The molecule has 0 bridgehead atoms. The van der Waals surface area contributed by atoms with Gasteiger partial charge in [0.05, 0.1) is 11.8 Å². The van der Waals surface area contributed by atoms with E-state index in [4.69, 9.17) is 5.26 Å². The predicted octanol–water partition coefficient (Wildman–Crippen LogP) is 3.58. The molecule has 0 atom stereocenters. The van der Waals surface area contributed by atoms with Crippen molar-refractivity contribution in [2.75, 3.05) is 0 Å². The second-order valence-electron chi connectivity index (χ2n) is 5.95. The molecular weight excluding hydrogens is 326 g/mol. The van der Waals surface area contributed by atoms with Gasteiger partial charge in [-0.1, -0.05) is 35.5 Å². The molecule has 7 nitrogen and oxygen atoms in total. The average Bonchev–Trinajstić information content (AvgIpc) is 3.32. The van der Waals surface area contributed by atoms with Gasteiger partial charge in [0.15, 0.2) is 0 Å². The monoisotopic (exact) mass is 343 g/mol. The van der Waals surface area contributed by atoms with Gasteiger partial charge in [-0.25, -0.2) is 14.6 Å². The first-order valence-electron chi connectivity index (χ1n) is 8.53. The molecule has 0 saturated heterocycles. The van der Waals surface area contributed by atoms with Crippen molar-refractivity contribution in [3.05, 3.63) is 48.9 Å². The number of aryl methyl sites for hydroxylation is 1. The molecule has 0 unspecified atom stereocenters. The van der Waals surface area contributed by atoms with E-state index in [2.05, 4.69) is 31.3 Å². The molecular formula is C19H17N7. The Kier molecular flexibility index (Phi) is 4.39. The number of nitrogens with one attached hydrogen (secondary N) is 1. The Balaban J connectivity index is 1.81. The Labute approximate surface area is 150 Å². The SMILES string of the molecule is N#CCCCCn1nnc(-c2ncnc3[nH]ccc23)c1-c1ccccc1. The van der Waals surface area contributed by atoms with Crippen LogP contribution in [-0.2, 0) is 6.54 Å². The molecule has 3 heterocycles. The highest BCUT2D eigenvalue weighted by Crippen LogP contribution is 2.32. The van der Waals surface area contributed by atoms with Gasteiger partial charge in [0.2, 0.25) is 0 Å². The number of fused-ring (bicyclic) bond motifs is 1. The molecule has 1 aromatic carbocycles. The summed E-state index contributed by atoms with van der Waals surface area (Å²) in [7, 11) is 0. The molecule has 0 aliphatic heterocycles. The van der Waals surface area contributed by atoms with E-state index in [-0.39, 0.29) is 0 Å². The van der Waals surface area contributed by atoms with Gasteiger partial charge in [-0.05, 0) is 18.9 Å². The maximum absolute atomic E-state index is 8.73. The minimum Gasteiger partial charge on any atom is -0.346 e. The standard InChI is InChI=1S/C19H17N7/c20-10-5-2-6-12-26-18(14-7-3-1-4-8-14)17(24-25-26)16-15-9-11-21-19(15)23-13-22-16/h1,3-4,7-9,11,13H,2,5-6,12H2,(H,21,22,23). The molecule has 7 heteroatoms. The van der Waals surface area contributed by atoms with Crippen LogP contribution in [0.2, 0.25) is 0 Å². The Bertz CT molecular complexity index is 1060. The smallest absolute Gasteiger partial charge is 0.141 e. The molecule has 26 heavy (non-hydrogen) atoms. The van der Waals surface area contributed by atoms with E-state index in [0.29, 0.717) is 13.0 Å². The number of H-pyrrole nitrogens is 1. The summed E-state index contributed by atoms with van der Waals surface area (Å²) in [5.41, 5.74) is 4.25. The third-order valence-corrected chi connectivity index (χ3v) is 4.27. The van der Waals surface area contributed by atoms with E-state index in [1.807, 2.05) is 47.3 Å². The van der Waals surface area contributed by atoms with Crippen molar-refractivity contribution in [3.8, 4) is 28.7 Å². The Morgan fingerprint density at radius 2 is 1.92 bits per heavy atom. The molecule has 4 rings (SSSR count). The predicted molar refractivity (Wildman–Crippen MR) is 97.8 cm³/mol. The molecule has 3 aromatic heterocycles. The maximum atomic E-state index is 8.73. The number of unbranched alkanes of at least 4 members (excludes halogenated alkanes) is 2. The summed E-state index contributed by atoms with van der Waals surface area (Å²) in [6.45, 7) is 0.709. The van der Waals surface area contributed by atoms with Crippen molar-refractivity contribution >= 4 is 11.0 Å². The van der Waals surface area contributed by atoms with Gasteiger partial charge in [-0.15, -0.1) is 5.10 Å². The van der Waals surface area contributed by atoms with Gasteiger partial charge < -0.3 is 4.98 Å². The summed E-state index contributed by atoms with van der Waals surface area (Å²) in [5, 5.41) is 18.5. The highest BCUT2D eigenvalue weighted by Gasteiger charge is 2.20. The highest BCUT2D eigenvalue weighted by molar-refractivity contribution is 5.93. The Morgan fingerprint density at radius 3 is 2.77 bits per heavy atom. The lowest BCUT2D eigenvalue weighted by Gasteiger charge is -2.08. The molecule has 128 valence electrons. The van der Waals surface area contributed by atoms with Crippen LogP contribution < -0.4 is 0 Å². The first-order chi connectivity index (χ1) is 12.9. The minimum absolute atomic E-state index is 0.554. The van der Waals surface area contributed by atoms with Crippen LogP contribution in [0.5, 0.6) is 0 Å². The van der Waals surface area contributed by atoms with Gasteiger partial charge in [-0.2, -0.15) is 5.26 Å². The number of nitriles is 1. The van der Waals surface area contributed by atoms with Crippen molar-refractivity contribution in [1.29, 1.82) is 5.26 Å². The number of hydrogen-bond acceptors (Lipinski definition) is 5. The quantitative estimate of drug-likeness (QED) is 0.540. The summed E-state index contributed by atoms with van der Waals surface area (Å²) < 4.78 is 1.91. The van der Waals surface area contributed by atoms with Crippen LogP contribution in [0.15, 0.2) is 48.9 Å². The molecule has 1 N–H and O–H groups in total. The fraction of sp³-hybridized carbons (Fsp3) is 0.211. The Morgan fingerprint density at radius 1 is 1.04 bits per heavy atom. The lowest BCUT2D eigenvalue weighted by atomic mass is 10.1. The molecule has 0 aliphatic rings. The van der Waals surface area contributed by atoms with E-state index in [9.17, 15) is 0 Å². The first kappa shape index (κ1) is 16.0. The molecule has 0 amide bonds. The minimum atomic E-state index is 0.554. The fourth-order valence-electron chi connectivity index (χ4n) is 3.04. The topological polar surface area (TPSA) is 96.1 Å². The zero-order chi connectivity index (χ0) is 17.8. The van der Waals surface area contributed by atoms with Crippen molar-refractivity contribution < 1.29 is 0 Å². The second kappa shape index (κ2) is 7.15. The summed E-state index contributed by atoms with van der Waals surface area (Å²) in [5.74, 6) is 0. The van der Waals surface area contributed by atoms with Crippen LogP contribution in [0.25, 0.3) is 33.7 Å². The molecule has 0 radical (unpaired) electrons. The van der Waals surface area contributed by atoms with Gasteiger partial charge in [-0.3, -0.25) is 0 Å². The Hall–Kier alpha value is -3.53. The molecule has 0 aliphatic carbocycles. The zero-order valence-corrected chi connectivity index (χ0v) is 14.1. The lowest BCUT2D eigenvalue weighted by Crippen LogP contribution is -2.03. The number of aromatic amines is 1. The van der Waals surface area contributed by atoms with E-state index in [1.165, 1.54) is 6.33 Å². The van der Waals surface area contributed by atoms with Crippen LogP contribution in [0.4, 0.5) is 0 Å². The van der Waals surface area contributed by atoms with Crippen molar-refractivity contribution in [2.24, 2.45) is 0 Å². The summed E-state index contributed by atoms with van der Waals surface area (Å²) >= 11 is 0. The number of rotatable bonds is 6. The fourth-order valence-corrected chi connectivity index (χ4v) is 3.04. The van der Waals surface area contributed by atoms with E-state index < -0.39 is 0 Å². The van der Waals surface area contributed by atoms with Crippen molar-refractivity contribution in [2.45, 2.75) is 25.8 Å². The normalized spacial score (nSPS) is 10.9. The van der Waals surface area contributed by atoms with Gasteiger partial charge in [0.25, 0.3) is 0 Å². The largest absolute Gasteiger partial charge is 0.346 e. The lowest BCUT2D eigenvalue weighted by molar-refractivity contribution is 0.549. The van der Waals surface area contributed by atoms with Crippen LogP contribution in [0.1, 0.15) is 19.3 Å². The number of benzene rings is 1. The van der Waals surface area contributed by atoms with Gasteiger partial charge in [0, 0.05) is 30.1 Å². The third-order valence-electron chi connectivity index (χ3n) is 4.27. The number of nitrogens with zero attached hydrogens (tertiary/aromatic N) is 6. The molecule has 0 fully saturated rings. The maximum Gasteiger partial charge on any atom is 0.141 e. The highest BCUT2D eigenvalue weighted by atomic mass is 15.4. The molecule has 0 spiro atoms. The average molecular weight is 343 g/mol. The van der Waals surface area contributed by atoms with Crippen LogP contribution in [0.3, 0.4) is 0 Å². The zero-order valence-electron chi connectivity index (χ0n) is 14.1. The van der Waals surface area contributed by atoms with Crippen molar-refractivity contribution in [1.82, 2.24) is 29.9 Å². The third kappa shape index (κ3) is 2.93. The van der Waals surface area contributed by atoms with Gasteiger partial charge in [0.1, 0.15) is 23.4 Å². The van der Waals surface area contributed by atoms with Crippen LogP contribution in [0, 0.1) is 11.3 Å². The van der Waals surface area contributed by atoms with Gasteiger partial charge >= 0.3 is 0 Å². The number of hydrogen-bond donors (Lipinski definition) is 1. The second-order valence-corrected chi connectivity index (χ2v) is 5.95. The molecule has 4 aromatic rings. The van der Waals surface area contributed by atoms with Crippen molar-refractivity contribution in [3.63, 3.8) is 0 Å². The summed E-state index contributed by atoms with van der Waals surface area (Å²) in [4.78, 5) is 11.8. The van der Waals surface area contributed by atoms with E-state index in [0.717, 1.165) is 46.5 Å². The summed E-state index contributed by atoms with van der Waals surface area (Å²) in [6, 6.07) is 14.2. The van der Waals surface area contributed by atoms with Crippen LogP contribution >= 0.6 is 0 Å². The van der Waals surface area contributed by atoms with Crippen LogP contribution in [-0.4, -0.2) is 29.9 Å². The molecule has 0 saturated carbocycles. The number of aromatic nitrogens is 6. The van der Waals surface area contributed by atoms with E-state index in [1.54, 1.807) is 0 Å². The first-order valence-corrected chi connectivity index (χ1v) is 8.53. The summed E-state index contributed by atoms with van der Waals surface area (Å²) in [6.07, 6.45) is 5.65.